The second-order valence-corrected chi connectivity index (χ2v) is 4.92. The zero-order chi connectivity index (χ0) is 13.5. The molecule has 104 valence electrons. The summed E-state index contributed by atoms with van der Waals surface area (Å²) >= 11 is 0. The molecule has 0 radical (unpaired) electrons. The summed E-state index contributed by atoms with van der Waals surface area (Å²) in [6.07, 6.45) is 2.86. The molecule has 0 atom stereocenters. The van der Waals surface area contributed by atoms with Crippen molar-refractivity contribution < 1.29 is 4.79 Å². The summed E-state index contributed by atoms with van der Waals surface area (Å²) in [5.41, 5.74) is 2.05. The second kappa shape index (κ2) is 7.21. The molecule has 0 aromatic carbocycles. The van der Waals surface area contributed by atoms with Gasteiger partial charge >= 0.3 is 0 Å². The van der Waals surface area contributed by atoms with Gasteiger partial charge in [-0.25, -0.2) is 0 Å². The molecule has 0 unspecified atom stereocenters. The van der Waals surface area contributed by atoms with E-state index < -0.39 is 0 Å². The lowest BCUT2D eigenvalue weighted by Gasteiger charge is -2.18. The monoisotopic (exact) mass is 262 g/mol. The van der Waals surface area contributed by atoms with Gasteiger partial charge in [0.2, 0.25) is 5.91 Å². The van der Waals surface area contributed by atoms with Crippen LogP contribution in [-0.2, 0) is 11.3 Å². The van der Waals surface area contributed by atoms with E-state index in [1.165, 1.54) is 0 Å². The molecular weight excluding hydrogens is 240 g/mol. The third-order valence-electron chi connectivity index (χ3n) is 3.37. The van der Waals surface area contributed by atoms with E-state index in [2.05, 4.69) is 20.5 Å². The maximum Gasteiger partial charge on any atom is 0.234 e. The van der Waals surface area contributed by atoms with Crippen LogP contribution >= 0.6 is 0 Å². The molecule has 2 N–H and O–H groups in total. The van der Waals surface area contributed by atoms with E-state index in [4.69, 9.17) is 0 Å². The Kier molecular flexibility index (Phi) is 5.30. The molecule has 0 spiro atoms. The van der Waals surface area contributed by atoms with Gasteiger partial charge in [-0.2, -0.15) is 0 Å². The Bertz CT molecular complexity index is 414. The maximum atomic E-state index is 11.9. The minimum absolute atomic E-state index is 0.0759. The largest absolute Gasteiger partial charge is 0.349 e. The fourth-order valence-corrected chi connectivity index (χ4v) is 2.20. The number of rotatable bonds is 4. The average Bonchev–Trinajstić information content (AvgIpc) is 2.66. The van der Waals surface area contributed by atoms with Gasteiger partial charge in [-0.05, 0) is 38.1 Å². The highest BCUT2D eigenvalue weighted by atomic mass is 16.2. The van der Waals surface area contributed by atoms with E-state index in [0.717, 1.165) is 43.9 Å². The van der Waals surface area contributed by atoms with E-state index in [1.54, 1.807) is 6.20 Å². The van der Waals surface area contributed by atoms with Crippen molar-refractivity contribution in [2.45, 2.75) is 19.9 Å². The Balaban J connectivity index is 1.76. The highest BCUT2D eigenvalue weighted by Crippen LogP contribution is 2.02. The predicted molar refractivity (Wildman–Crippen MR) is 74.7 cm³/mol. The summed E-state index contributed by atoms with van der Waals surface area (Å²) in [4.78, 5) is 18.4. The lowest BCUT2D eigenvalue weighted by molar-refractivity contribution is -0.122. The van der Waals surface area contributed by atoms with Crippen molar-refractivity contribution >= 4 is 5.91 Å². The van der Waals surface area contributed by atoms with E-state index in [9.17, 15) is 4.79 Å². The molecule has 2 heterocycles. The van der Waals surface area contributed by atoms with Gasteiger partial charge in [0, 0.05) is 19.3 Å². The molecule has 1 amide bonds. The summed E-state index contributed by atoms with van der Waals surface area (Å²) in [5, 5.41) is 6.28. The first-order chi connectivity index (χ1) is 9.25. The van der Waals surface area contributed by atoms with Crippen molar-refractivity contribution in [3.05, 3.63) is 29.6 Å². The number of pyridine rings is 1. The van der Waals surface area contributed by atoms with Gasteiger partial charge < -0.3 is 10.6 Å². The SMILES string of the molecule is Cc1cccnc1CNC(=O)CN1CCCNCC1. The Morgan fingerprint density at radius 2 is 2.37 bits per heavy atom. The number of hydrogen-bond acceptors (Lipinski definition) is 4. The van der Waals surface area contributed by atoms with Crippen LogP contribution < -0.4 is 10.6 Å². The highest BCUT2D eigenvalue weighted by Gasteiger charge is 2.12. The zero-order valence-electron chi connectivity index (χ0n) is 11.5. The number of nitrogens with zero attached hydrogens (tertiary/aromatic N) is 2. The average molecular weight is 262 g/mol. The molecule has 0 aliphatic carbocycles. The van der Waals surface area contributed by atoms with Crippen LogP contribution in [0.4, 0.5) is 0 Å². The quantitative estimate of drug-likeness (QED) is 0.819. The third-order valence-corrected chi connectivity index (χ3v) is 3.37. The molecule has 1 aromatic heterocycles. The lowest BCUT2D eigenvalue weighted by atomic mass is 10.2. The molecule has 5 heteroatoms. The molecule has 19 heavy (non-hydrogen) atoms. The number of amides is 1. The van der Waals surface area contributed by atoms with Gasteiger partial charge in [-0.1, -0.05) is 6.07 Å². The maximum absolute atomic E-state index is 11.9. The van der Waals surface area contributed by atoms with Crippen LogP contribution in [0.5, 0.6) is 0 Å². The summed E-state index contributed by atoms with van der Waals surface area (Å²) in [6, 6.07) is 3.92. The van der Waals surface area contributed by atoms with Crippen molar-refractivity contribution in [2.75, 3.05) is 32.7 Å². The van der Waals surface area contributed by atoms with Crippen molar-refractivity contribution in [3.63, 3.8) is 0 Å². The van der Waals surface area contributed by atoms with Crippen LogP contribution in [-0.4, -0.2) is 48.5 Å². The van der Waals surface area contributed by atoms with E-state index in [0.29, 0.717) is 13.1 Å². The van der Waals surface area contributed by atoms with Gasteiger partial charge in [0.25, 0.3) is 0 Å². The molecule has 1 aromatic rings. The summed E-state index contributed by atoms with van der Waals surface area (Å²) in [6.45, 7) is 6.94. The van der Waals surface area contributed by atoms with Crippen LogP contribution in [0.1, 0.15) is 17.7 Å². The van der Waals surface area contributed by atoms with Gasteiger partial charge in [-0.15, -0.1) is 0 Å². The number of carbonyl (C=O) groups is 1. The summed E-state index contributed by atoms with van der Waals surface area (Å²) < 4.78 is 0. The molecule has 0 saturated carbocycles. The number of aromatic nitrogens is 1. The Morgan fingerprint density at radius 3 is 3.21 bits per heavy atom. The van der Waals surface area contributed by atoms with Crippen LogP contribution in [0, 0.1) is 6.92 Å². The van der Waals surface area contributed by atoms with Gasteiger partial charge in [0.1, 0.15) is 0 Å². The minimum atomic E-state index is 0.0759. The molecule has 5 nitrogen and oxygen atoms in total. The number of nitrogens with one attached hydrogen (secondary N) is 2. The fourth-order valence-electron chi connectivity index (χ4n) is 2.20. The molecule has 1 aliphatic heterocycles. The first kappa shape index (κ1) is 14.0. The lowest BCUT2D eigenvalue weighted by Crippen LogP contribution is -2.38. The Labute approximate surface area is 114 Å². The molecule has 2 rings (SSSR count). The van der Waals surface area contributed by atoms with Crippen molar-refractivity contribution in [3.8, 4) is 0 Å². The first-order valence-corrected chi connectivity index (χ1v) is 6.86. The molecule has 1 aliphatic rings. The molecule has 1 fully saturated rings. The van der Waals surface area contributed by atoms with Crippen LogP contribution in [0.15, 0.2) is 18.3 Å². The predicted octanol–water partition coefficient (Wildman–Crippen LogP) is 0.302. The Morgan fingerprint density at radius 1 is 1.47 bits per heavy atom. The number of aryl methyl sites for hydroxylation is 1. The fraction of sp³-hybridized carbons (Fsp3) is 0.571. The molecule has 1 saturated heterocycles. The molecule has 0 bridgehead atoms. The number of carbonyl (C=O) groups excluding carboxylic acids is 1. The Hall–Kier alpha value is -1.46. The van der Waals surface area contributed by atoms with E-state index >= 15 is 0 Å². The first-order valence-electron chi connectivity index (χ1n) is 6.86. The minimum Gasteiger partial charge on any atom is -0.349 e. The van der Waals surface area contributed by atoms with Crippen molar-refractivity contribution in [2.24, 2.45) is 0 Å². The van der Waals surface area contributed by atoms with Crippen molar-refractivity contribution in [1.29, 1.82) is 0 Å². The summed E-state index contributed by atoms with van der Waals surface area (Å²) in [7, 11) is 0. The van der Waals surface area contributed by atoms with Crippen LogP contribution in [0.3, 0.4) is 0 Å². The standard InChI is InChI=1S/C14H22N4O/c1-12-4-2-6-16-13(12)10-17-14(19)11-18-8-3-5-15-7-9-18/h2,4,6,15H,3,5,7-11H2,1H3,(H,17,19). The topological polar surface area (TPSA) is 57.3 Å². The number of hydrogen-bond donors (Lipinski definition) is 2. The normalized spacial score (nSPS) is 16.9. The van der Waals surface area contributed by atoms with Crippen LogP contribution in [0.25, 0.3) is 0 Å². The van der Waals surface area contributed by atoms with Gasteiger partial charge in [-0.3, -0.25) is 14.7 Å². The van der Waals surface area contributed by atoms with Crippen LogP contribution in [0.2, 0.25) is 0 Å². The smallest absolute Gasteiger partial charge is 0.234 e. The van der Waals surface area contributed by atoms with Gasteiger partial charge in [0.05, 0.1) is 18.8 Å². The third kappa shape index (κ3) is 4.61. The van der Waals surface area contributed by atoms with Crippen molar-refractivity contribution in [1.82, 2.24) is 20.5 Å². The molecular formula is C14H22N4O. The van der Waals surface area contributed by atoms with E-state index in [1.807, 2.05) is 19.1 Å². The second-order valence-electron chi connectivity index (χ2n) is 4.92. The van der Waals surface area contributed by atoms with E-state index in [-0.39, 0.29) is 5.91 Å². The summed E-state index contributed by atoms with van der Waals surface area (Å²) in [5.74, 6) is 0.0759. The zero-order valence-corrected chi connectivity index (χ0v) is 11.5. The highest BCUT2D eigenvalue weighted by molar-refractivity contribution is 5.78. The van der Waals surface area contributed by atoms with Gasteiger partial charge in [0.15, 0.2) is 0 Å².